The van der Waals surface area contributed by atoms with Gasteiger partial charge >= 0.3 is 0 Å². The summed E-state index contributed by atoms with van der Waals surface area (Å²) >= 11 is 0. The molecule has 5 aromatic carbocycles. The Morgan fingerprint density at radius 1 is 0.426 bits per heavy atom. The normalized spacial score (nSPS) is 11.1. The molecule has 68 heavy (non-hydrogen) atoms. The quantitative estimate of drug-likeness (QED) is 0.0231. The van der Waals surface area contributed by atoms with Crippen LogP contribution in [0.5, 0.6) is 23.0 Å². The molecule has 0 radical (unpaired) electrons. The number of unbranched alkanes of at least 4 members (excludes halogenated alkanes) is 18. The van der Waals surface area contributed by atoms with Gasteiger partial charge in [-0.2, -0.15) is 0 Å². The Bertz CT molecular complexity index is 2220. The second-order valence-corrected chi connectivity index (χ2v) is 17.8. The van der Waals surface area contributed by atoms with Crippen LogP contribution < -0.4 is 30.7 Å². The van der Waals surface area contributed by atoms with E-state index in [-0.39, 0.29) is 34.1 Å². The third-order valence-corrected chi connectivity index (χ3v) is 12.2. The van der Waals surface area contributed by atoms with Gasteiger partial charge < -0.3 is 41.0 Å². The summed E-state index contributed by atoms with van der Waals surface area (Å²) in [6.45, 7) is 4.65. The van der Waals surface area contributed by atoms with Crippen molar-refractivity contribution in [2.75, 3.05) is 36.9 Å². The van der Waals surface area contributed by atoms with Gasteiger partial charge in [0, 0.05) is 46.0 Å². The van der Waals surface area contributed by atoms with Crippen LogP contribution in [-0.4, -0.2) is 60.1 Å². The monoisotopic (exact) mass is 931 g/mol. The van der Waals surface area contributed by atoms with E-state index in [2.05, 4.69) is 35.1 Å². The SMILES string of the molecule is CCCCCCCCCCCCNC(=O)c1cc(OCC(=O)Nc2cccc(NC(=O)COc3cc(C(=O)NCCCCCCCCCCCC)c(O)c4ccccc34)c2)c2ccccc2c1O. The minimum Gasteiger partial charge on any atom is -0.506 e. The van der Waals surface area contributed by atoms with Crippen molar-refractivity contribution in [1.29, 1.82) is 0 Å². The average molecular weight is 931 g/mol. The van der Waals surface area contributed by atoms with Crippen molar-refractivity contribution in [3.8, 4) is 23.0 Å². The highest BCUT2D eigenvalue weighted by Crippen LogP contribution is 2.37. The molecule has 5 aromatic rings. The summed E-state index contributed by atoms with van der Waals surface area (Å²) in [5.41, 5.74) is 0.937. The van der Waals surface area contributed by atoms with E-state index in [0.29, 0.717) is 46.0 Å². The summed E-state index contributed by atoms with van der Waals surface area (Å²) in [4.78, 5) is 52.8. The Morgan fingerprint density at radius 2 is 0.765 bits per heavy atom. The van der Waals surface area contributed by atoms with E-state index < -0.39 is 36.8 Å². The molecule has 0 atom stereocenters. The molecule has 0 aliphatic rings. The highest BCUT2D eigenvalue weighted by molar-refractivity contribution is 6.07. The molecule has 0 aliphatic carbocycles. The Labute approximate surface area is 403 Å². The van der Waals surface area contributed by atoms with Crippen LogP contribution in [0.25, 0.3) is 21.5 Å². The molecule has 0 aromatic heterocycles. The number of nitrogens with one attached hydrogen (secondary N) is 4. The molecule has 0 aliphatic heterocycles. The molecule has 12 heteroatoms. The van der Waals surface area contributed by atoms with Crippen molar-refractivity contribution < 1.29 is 38.9 Å². The minimum atomic E-state index is -0.483. The van der Waals surface area contributed by atoms with Gasteiger partial charge in [-0.3, -0.25) is 19.2 Å². The Hall–Kier alpha value is -6.30. The zero-order valence-electron chi connectivity index (χ0n) is 40.4. The van der Waals surface area contributed by atoms with Gasteiger partial charge in [0.15, 0.2) is 13.2 Å². The Balaban J connectivity index is 1.09. The van der Waals surface area contributed by atoms with Gasteiger partial charge in [0.05, 0.1) is 11.1 Å². The van der Waals surface area contributed by atoms with Gasteiger partial charge in [0.25, 0.3) is 23.6 Å². The van der Waals surface area contributed by atoms with Crippen molar-refractivity contribution in [3.63, 3.8) is 0 Å². The fraction of sp³-hybridized carbons (Fsp3) is 0.464. The first-order chi connectivity index (χ1) is 33.2. The molecule has 6 N–H and O–H groups in total. The molecule has 0 saturated carbocycles. The number of rotatable bonds is 32. The van der Waals surface area contributed by atoms with E-state index in [1.54, 1.807) is 72.8 Å². The summed E-state index contributed by atoms with van der Waals surface area (Å²) in [7, 11) is 0. The summed E-state index contributed by atoms with van der Waals surface area (Å²) in [6.07, 6.45) is 23.8. The number of hydrogen-bond acceptors (Lipinski definition) is 8. The van der Waals surface area contributed by atoms with Crippen molar-refractivity contribution >= 4 is 56.5 Å². The molecular weight excluding hydrogens is 857 g/mol. The first kappa shape index (κ1) is 52.7. The molecule has 0 heterocycles. The average Bonchev–Trinajstić information content (AvgIpc) is 3.34. The lowest BCUT2D eigenvalue weighted by Crippen LogP contribution is -2.25. The number of hydrogen-bond donors (Lipinski definition) is 6. The van der Waals surface area contributed by atoms with Gasteiger partial charge in [-0.15, -0.1) is 0 Å². The Morgan fingerprint density at radius 3 is 1.13 bits per heavy atom. The topological polar surface area (TPSA) is 175 Å². The summed E-state index contributed by atoms with van der Waals surface area (Å²) in [5.74, 6) is -1.55. The number of amides is 4. The van der Waals surface area contributed by atoms with Gasteiger partial charge in [-0.1, -0.05) is 184 Å². The lowest BCUT2D eigenvalue weighted by molar-refractivity contribution is -0.118. The van der Waals surface area contributed by atoms with E-state index in [0.717, 1.165) is 38.5 Å². The number of phenols is 2. The highest BCUT2D eigenvalue weighted by Gasteiger charge is 2.20. The van der Waals surface area contributed by atoms with Crippen molar-refractivity contribution in [2.24, 2.45) is 0 Å². The number of ether oxygens (including phenoxy) is 2. The van der Waals surface area contributed by atoms with E-state index in [1.807, 2.05) is 0 Å². The summed E-state index contributed by atoms with van der Waals surface area (Å²) in [5, 5.41) is 35.5. The van der Waals surface area contributed by atoms with Gasteiger partial charge in [-0.05, 0) is 43.2 Å². The molecule has 4 amide bonds. The number of carbonyl (C=O) groups is 4. The maximum absolute atomic E-state index is 13.2. The third kappa shape index (κ3) is 17.1. The highest BCUT2D eigenvalue weighted by atomic mass is 16.5. The lowest BCUT2D eigenvalue weighted by Gasteiger charge is -2.15. The van der Waals surface area contributed by atoms with Crippen LogP contribution >= 0.6 is 0 Å². The minimum absolute atomic E-state index is 0.0676. The van der Waals surface area contributed by atoms with Crippen molar-refractivity contribution in [3.05, 3.63) is 96.1 Å². The van der Waals surface area contributed by atoms with E-state index >= 15 is 0 Å². The van der Waals surface area contributed by atoms with Crippen LogP contribution in [0.15, 0.2) is 84.9 Å². The largest absolute Gasteiger partial charge is 0.506 e. The Kier molecular flexibility index (Phi) is 22.8. The lowest BCUT2D eigenvalue weighted by atomic mass is 10.0. The van der Waals surface area contributed by atoms with E-state index in [4.69, 9.17) is 9.47 Å². The van der Waals surface area contributed by atoms with Crippen molar-refractivity contribution in [1.82, 2.24) is 10.6 Å². The molecule has 12 nitrogen and oxygen atoms in total. The number of carbonyl (C=O) groups excluding carboxylic acids is 4. The number of fused-ring (bicyclic) bond motifs is 2. The zero-order valence-corrected chi connectivity index (χ0v) is 40.4. The number of phenolic OH excluding ortho intramolecular Hbond substituents is 2. The smallest absolute Gasteiger partial charge is 0.262 e. The molecule has 0 bridgehead atoms. The number of anilines is 2. The van der Waals surface area contributed by atoms with Crippen LogP contribution in [0, 0.1) is 0 Å². The molecular formula is C56H74N4O8. The fourth-order valence-electron chi connectivity index (χ4n) is 8.41. The molecule has 0 saturated heterocycles. The number of aromatic hydroxyl groups is 2. The maximum Gasteiger partial charge on any atom is 0.262 e. The maximum atomic E-state index is 13.2. The van der Waals surface area contributed by atoms with E-state index in [1.165, 1.54) is 102 Å². The van der Waals surface area contributed by atoms with Crippen LogP contribution in [0.3, 0.4) is 0 Å². The summed E-state index contributed by atoms with van der Waals surface area (Å²) in [6, 6.07) is 23.5. The molecule has 366 valence electrons. The first-order valence-corrected chi connectivity index (χ1v) is 25.2. The van der Waals surface area contributed by atoms with Crippen LogP contribution in [0.1, 0.15) is 163 Å². The third-order valence-electron chi connectivity index (χ3n) is 12.2. The predicted octanol–water partition coefficient (Wildman–Crippen LogP) is 12.7. The second-order valence-electron chi connectivity index (χ2n) is 17.8. The zero-order chi connectivity index (χ0) is 48.4. The summed E-state index contributed by atoms with van der Waals surface area (Å²) < 4.78 is 11.9. The first-order valence-electron chi connectivity index (χ1n) is 25.2. The van der Waals surface area contributed by atoms with Gasteiger partial charge in [0.1, 0.15) is 23.0 Å². The second kappa shape index (κ2) is 29.5. The number of benzene rings is 5. The molecule has 0 fully saturated rings. The van der Waals surface area contributed by atoms with Crippen LogP contribution in [0.4, 0.5) is 11.4 Å². The van der Waals surface area contributed by atoms with Gasteiger partial charge in [0.2, 0.25) is 0 Å². The van der Waals surface area contributed by atoms with Crippen molar-refractivity contribution in [2.45, 2.75) is 142 Å². The predicted molar refractivity (Wildman–Crippen MR) is 274 cm³/mol. The molecule has 0 unspecified atom stereocenters. The van der Waals surface area contributed by atoms with Crippen LogP contribution in [0.2, 0.25) is 0 Å². The molecule has 0 spiro atoms. The van der Waals surface area contributed by atoms with Gasteiger partial charge in [-0.25, -0.2) is 0 Å². The standard InChI is InChI=1S/C56H74N4O8/c1-3-5-7-9-11-13-15-17-19-25-34-57-55(65)47-37-49(43-30-21-23-32-45(43)53(47)63)67-39-51(61)59-41-28-27-29-42(36-41)60-52(62)40-68-50-38-48(54(64)46-33-24-22-31-44(46)50)56(66)58-35-26-20-18-16-14-12-10-8-6-4-2/h21-24,27-33,36-38,63-64H,3-20,25-26,34-35,39-40H2,1-2H3,(H,57,65)(H,58,66)(H,59,61)(H,60,62). The molecule has 5 rings (SSSR count). The van der Waals surface area contributed by atoms with Crippen LogP contribution in [-0.2, 0) is 9.59 Å². The van der Waals surface area contributed by atoms with E-state index in [9.17, 15) is 29.4 Å². The fourth-order valence-corrected chi connectivity index (χ4v) is 8.41.